The van der Waals surface area contributed by atoms with Crippen molar-refractivity contribution in [2.75, 3.05) is 6.54 Å². The monoisotopic (exact) mass is 255 g/mol. The fourth-order valence-corrected chi connectivity index (χ4v) is 1.90. The number of hydrogen-bond acceptors (Lipinski definition) is 3. The van der Waals surface area contributed by atoms with Gasteiger partial charge in [-0.25, -0.2) is 0 Å². The van der Waals surface area contributed by atoms with Crippen LogP contribution in [0.2, 0.25) is 0 Å². The quantitative estimate of drug-likeness (QED) is 0.849. The van der Waals surface area contributed by atoms with Crippen LogP contribution in [0.1, 0.15) is 17.0 Å². The highest BCUT2D eigenvalue weighted by atomic mass is 16.1. The van der Waals surface area contributed by atoms with E-state index in [1.54, 1.807) is 12.4 Å². The minimum absolute atomic E-state index is 0.0578. The molecule has 3 N–H and O–H groups in total. The highest BCUT2D eigenvalue weighted by molar-refractivity contribution is 5.83. The predicted molar refractivity (Wildman–Crippen MR) is 74.3 cm³/mol. The van der Waals surface area contributed by atoms with E-state index in [0.29, 0.717) is 6.54 Å². The zero-order valence-electron chi connectivity index (χ0n) is 10.6. The molecule has 0 aliphatic rings. The van der Waals surface area contributed by atoms with Crippen LogP contribution in [0.4, 0.5) is 0 Å². The van der Waals surface area contributed by atoms with E-state index in [-0.39, 0.29) is 18.4 Å². The first kappa shape index (κ1) is 13.2. The Kier molecular flexibility index (Phi) is 4.64. The van der Waals surface area contributed by atoms with Crippen LogP contribution in [0.25, 0.3) is 0 Å². The molecule has 0 unspecified atom stereocenters. The van der Waals surface area contributed by atoms with Gasteiger partial charge in [-0.15, -0.1) is 0 Å². The molecule has 0 fully saturated rings. The second-order valence-corrected chi connectivity index (χ2v) is 4.27. The molecule has 4 nitrogen and oxygen atoms in total. The molecule has 19 heavy (non-hydrogen) atoms. The molecule has 1 aromatic heterocycles. The number of hydrogen-bond donors (Lipinski definition) is 2. The number of pyridine rings is 1. The molecule has 2 aromatic rings. The average Bonchev–Trinajstić information content (AvgIpc) is 2.48. The Hall–Kier alpha value is -2.20. The summed E-state index contributed by atoms with van der Waals surface area (Å²) >= 11 is 0. The van der Waals surface area contributed by atoms with Crippen LogP contribution in [0.5, 0.6) is 0 Å². The third-order valence-electron chi connectivity index (χ3n) is 2.97. The zero-order chi connectivity index (χ0) is 13.5. The number of rotatable bonds is 5. The molecule has 98 valence electrons. The normalized spacial score (nSPS) is 11.8. The van der Waals surface area contributed by atoms with E-state index in [0.717, 1.165) is 11.1 Å². The number of nitrogens with one attached hydrogen (secondary N) is 1. The summed E-state index contributed by atoms with van der Waals surface area (Å²) in [5.74, 6) is -0.385. The highest BCUT2D eigenvalue weighted by Crippen LogP contribution is 2.13. The summed E-state index contributed by atoms with van der Waals surface area (Å²) in [7, 11) is 0. The van der Waals surface area contributed by atoms with Crippen molar-refractivity contribution in [3.8, 4) is 0 Å². The van der Waals surface area contributed by atoms with Crippen molar-refractivity contribution in [2.45, 2.75) is 12.5 Å². The lowest BCUT2D eigenvalue weighted by molar-refractivity contribution is -0.122. The lowest BCUT2D eigenvalue weighted by atomic mass is 9.99. The van der Waals surface area contributed by atoms with Crippen molar-refractivity contribution >= 4 is 5.91 Å². The summed E-state index contributed by atoms with van der Waals surface area (Å²) in [6, 6.07) is 13.4. The molecule has 1 heterocycles. The second kappa shape index (κ2) is 6.66. The topological polar surface area (TPSA) is 68.0 Å². The molecule has 0 aliphatic heterocycles. The van der Waals surface area contributed by atoms with Gasteiger partial charge in [-0.1, -0.05) is 30.3 Å². The standard InChI is InChI=1S/C15H17N3O/c16-10-14(13-6-8-17-9-7-13)15(19)18-11-12-4-2-1-3-5-12/h1-9,14H,10-11,16H2,(H,18,19)/t14-/m1/s1. The van der Waals surface area contributed by atoms with E-state index in [1.807, 2.05) is 42.5 Å². The molecule has 0 saturated heterocycles. The van der Waals surface area contributed by atoms with Gasteiger partial charge in [-0.3, -0.25) is 9.78 Å². The zero-order valence-corrected chi connectivity index (χ0v) is 10.6. The average molecular weight is 255 g/mol. The maximum Gasteiger partial charge on any atom is 0.229 e. The van der Waals surface area contributed by atoms with Crippen LogP contribution in [0, 0.1) is 0 Å². The fraction of sp³-hybridized carbons (Fsp3) is 0.200. The van der Waals surface area contributed by atoms with Gasteiger partial charge in [-0.05, 0) is 23.3 Å². The van der Waals surface area contributed by atoms with E-state index < -0.39 is 0 Å². The summed E-state index contributed by atoms with van der Waals surface area (Å²) < 4.78 is 0. The first-order valence-corrected chi connectivity index (χ1v) is 6.23. The number of carbonyl (C=O) groups excluding carboxylic acids is 1. The predicted octanol–water partition coefficient (Wildman–Crippen LogP) is 1.44. The smallest absolute Gasteiger partial charge is 0.229 e. The molecule has 0 bridgehead atoms. The van der Waals surface area contributed by atoms with Gasteiger partial charge in [0.05, 0.1) is 5.92 Å². The van der Waals surface area contributed by atoms with Gasteiger partial charge in [0.2, 0.25) is 5.91 Å². The van der Waals surface area contributed by atoms with Gasteiger partial charge in [0.15, 0.2) is 0 Å². The van der Waals surface area contributed by atoms with E-state index in [2.05, 4.69) is 10.3 Å². The van der Waals surface area contributed by atoms with E-state index in [1.165, 1.54) is 0 Å². The first-order valence-electron chi connectivity index (χ1n) is 6.23. The maximum absolute atomic E-state index is 12.1. The largest absolute Gasteiger partial charge is 0.351 e. The Morgan fingerprint density at radius 2 is 1.84 bits per heavy atom. The highest BCUT2D eigenvalue weighted by Gasteiger charge is 2.18. The Bertz CT molecular complexity index is 513. The Morgan fingerprint density at radius 1 is 1.16 bits per heavy atom. The van der Waals surface area contributed by atoms with Crippen molar-refractivity contribution in [1.29, 1.82) is 0 Å². The summed E-state index contributed by atoms with van der Waals surface area (Å²) in [6.45, 7) is 0.798. The molecule has 2 rings (SSSR count). The van der Waals surface area contributed by atoms with Gasteiger partial charge < -0.3 is 11.1 Å². The van der Waals surface area contributed by atoms with Crippen molar-refractivity contribution < 1.29 is 4.79 Å². The van der Waals surface area contributed by atoms with E-state index in [9.17, 15) is 4.79 Å². The van der Waals surface area contributed by atoms with E-state index in [4.69, 9.17) is 5.73 Å². The van der Waals surface area contributed by atoms with E-state index >= 15 is 0 Å². The minimum Gasteiger partial charge on any atom is -0.351 e. The minimum atomic E-state index is -0.327. The molecule has 0 saturated carbocycles. The Labute approximate surface area is 112 Å². The lowest BCUT2D eigenvalue weighted by Gasteiger charge is -2.15. The Morgan fingerprint density at radius 3 is 2.47 bits per heavy atom. The molecule has 0 spiro atoms. The molecule has 0 radical (unpaired) electrons. The molecular weight excluding hydrogens is 238 g/mol. The molecular formula is C15H17N3O. The summed E-state index contributed by atoms with van der Waals surface area (Å²) in [4.78, 5) is 16.1. The SMILES string of the molecule is NC[C@@H](C(=O)NCc1ccccc1)c1ccncc1. The maximum atomic E-state index is 12.1. The van der Waals surface area contributed by atoms with Crippen molar-refractivity contribution in [3.05, 3.63) is 66.0 Å². The molecule has 1 amide bonds. The van der Waals surface area contributed by atoms with Crippen LogP contribution in [-0.4, -0.2) is 17.4 Å². The number of nitrogens with zero attached hydrogens (tertiary/aromatic N) is 1. The Balaban J connectivity index is 1.98. The lowest BCUT2D eigenvalue weighted by Crippen LogP contribution is -2.33. The van der Waals surface area contributed by atoms with Crippen LogP contribution in [0.15, 0.2) is 54.9 Å². The number of nitrogens with two attached hydrogens (primary N) is 1. The molecule has 1 aromatic carbocycles. The van der Waals surface area contributed by atoms with Crippen molar-refractivity contribution in [2.24, 2.45) is 5.73 Å². The van der Waals surface area contributed by atoms with Crippen LogP contribution in [-0.2, 0) is 11.3 Å². The number of aromatic nitrogens is 1. The summed E-state index contributed by atoms with van der Waals surface area (Å²) in [5, 5.41) is 2.91. The molecule has 1 atom stereocenters. The van der Waals surface area contributed by atoms with Gasteiger partial charge in [0.1, 0.15) is 0 Å². The second-order valence-electron chi connectivity index (χ2n) is 4.27. The van der Waals surface area contributed by atoms with Gasteiger partial charge >= 0.3 is 0 Å². The third-order valence-corrected chi connectivity index (χ3v) is 2.97. The number of amides is 1. The van der Waals surface area contributed by atoms with Crippen LogP contribution < -0.4 is 11.1 Å². The van der Waals surface area contributed by atoms with Gasteiger partial charge in [0.25, 0.3) is 0 Å². The first-order chi connectivity index (χ1) is 9.31. The van der Waals surface area contributed by atoms with Gasteiger partial charge in [0, 0.05) is 25.5 Å². The van der Waals surface area contributed by atoms with Crippen LogP contribution in [0.3, 0.4) is 0 Å². The van der Waals surface area contributed by atoms with Crippen molar-refractivity contribution in [1.82, 2.24) is 10.3 Å². The molecule has 0 aliphatic carbocycles. The fourth-order valence-electron chi connectivity index (χ4n) is 1.90. The number of benzene rings is 1. The third kappa shape index (κ3) is 3.63. The number of carbonyl (C=O) groups is 1. The summed E-state index contributed by atoms with van der Waals surface area (Å²) in [6.07, 6.45) is 3.34. The van der Waals surface area contributed by atoms with Gasteiger partial charge in [-0.2, -0.15) is 0 Å². The summed E-state index contributed by atoms with van der Waals surface area (Å²) in [5.41, 5.74) is 7.66. The molecule has 4 heteroatoms. The van der Waals surface area contributed by atoms with Crippen molar-refractivity contribution in [3.63, 3.8) is 0 Å². The van der Waals surface area contributed by atoms with Crippen LogP contribution >= 0.6 is 0 Å².